The van der Waals surface area contributed by atoms with Crippen molar-refractivity contribution in [2.45, 2.75) is 18.3 Å². The quantitative estimate of drug-likeness (QED) is 0.642. The van der Waals surface area contributed by atoms with Crippen LogP contribution in [0.1, 0.15) is 18.4 Å². The largest absolute Gasteiger partial charge is 0.395 e. The van der Waals surface area contributed by atoms with Crippen LogP contribution in [-0.4, -0.2) is 108 Å². The summed E-state index contributed by atoms with van der Waals surface area (Å²) in [6.07, 6.45) is 3.88. The third kappa shape index (κ3) is 4.85. The molecule has 0 spiro atoms. The number of nitrogens with one attached hydrogen (secondary N) is 1. The van der Waals surface area contributed by atoms with E-state index in [9.17, 15) is 4.79 Å². The number of aliphatic hydroxyl groups is 1. The third-order valence-corrected chi connectivity index (χ3v) is 8.29. The van der Waals surface area contributed by atoms with Gasteiger partial charge in [0, 0.05) is 64.5 Å². The minimum absolute atomic E-state index is 0.0754. The summed E-state index contributed by atoms with van der Waals surface area (Å²) in [4.78, 5) is 21.6. The Labute approximate surface area is 206 Å². The lowest BCUT2D eigenvalue weighted by atomic mass is 9.95. The average molecular weight is 486 g/mol. The molecule has 2 N–H and O–H groups in total. The number of hydrazone groups is 1. The zero-order valence-electron chi connectivity index (χ0n) is 20.1. The van der Waals surface area contributed by atoms with Gasteiger partial charge in [-0.3, -0.25) is 4.79 Å². The molecule has 10 heteroatoms. The monoisotopic (exact) mass is 485 g/mol. The van der Waals surface area contributed by atoms with Crippen LogP contribution < -0.4 is 10.2 Å². The molecule has 9 nitrogen and oxygen atoms in total. The van der Waals surface area contributed by atoms with Crippen LogP contribution in [-0.2, 0) is 4.79 Å². The lowest BCUT2D eigenvalue weighted by molar-refractivity contribution is -0.138. The van der Waals surface area contributed by atoms with Crippen LogP contribution in [0.5, 0.6) is 0 Å². The predicted octanol–water partition coefficient (Wildman–Crippen LogP) is 1.11. The Morgan fingerprint density at radius 2 is 1.85 bits per heavy atom. The second-order valence-electron chi connectivity index (χ2n) is 9.50. The number of rotatable bonds is 5. The van der Waals surface area contributed by atoms with Crippen molar-refractivity contribution in [1.82, 2.24) is 25.0 Å². The first kappa shape index (κ1) is 23.3. The molecule has 1 aromatic carbocycles. The maximum Gasteiger partial charge on any atom is 0.225 e. The Bertz CT molecular complexity index is 937. The van der Waals surface area contributed by atoms with E-state index in [-0.39, 0.29) is 18.0 Å². The Morgan fingerprint density at radius 3 is 2.50 bits per heavy atom. The number of fused-ring (bicyclic) bond motifs is 1. The van der Waals surface area contributed by atoms with Gasteiger partial charge >= 0.3 is 0 Å². The van der Waals surface area contributed by atoms with Crippen LogP contribution in [0.4, 0.5) is 5.69 Å². The number of amidine groups is 1. The molecule has 4 aliphatic heterocycles. The van der Waals surface area contributed by atoms with Crippen LogP contribution in [0.2, 0.25) is 0 Å². The van der Waals surface area contributed by atoms with Crippen molar-refractivity contribution >= 4 is 34.2 Å². The summed E-state index contributed by atoms with van der Waals surface area (Å²) in [6, 6.07) is 8.35. The molecule has 0 radical (unpaired) electrons. The molecular formula is C24H35N7O2S. The predicted molar refractivity (Wildman–Crippen MR) is 137 cm³/mol. The third-order valence-electron chi connectivity index (χ3n) is 7.18. The molecule has 0 saturated carbocycles. The number of piperazine rings is 1. The van der Waals surface area contributed by atoms with Crippen molar-refractivity contribution in [2.24, 2.45) is 11.0 Å². The van der Waals surface area contributed by atoms with Crippen molar-refractivity contribution in [2.75, 3.05) is 71.4 Å². The van der Waals surface area contributed by atoms with Crippen molar-refractivity contribution in [3.8, 4) is 0 Å². The molecule has 0 aromatic heterocycles. The number of carbonyl (C=O) groups is 1. The topological polar surface area (TPSA) is 77.9 Å². The number of benzene rings is 1. The highest BCUT2D eigenvalue weighted by Crippen LogP contribution is 2.35. The van der Waals surface area contributed by atoms with Crippen molar-refractivity contribution in [1.29, 1.82) is 0 Å². The van der Waals surface area contributed by atoms with Gasteiger partial charge in [-0.05, 0) is 49.3 Å². The van der Waals surface area contributed by atoms with Gasteiger partial charge in [0.2, 0.25) is 5.91 Å². The highest BCUT2D eigenvalue weighted by molar-refractivity contribution is 8.14. The molecule has 0 bridgehead atoms. The summed E-state index contributed by atoms with van der Waals surface area (Å²) in [5.41, 5.74) is 3.34. The maximum absolute atomic E-state index is 12.9. The van der Waals surface area contributed by atoms with Gasteiger partial charge < -0.3 is 30.0 Å². The Balaban J connectivity index is 1.15. The summed E-state index contributed by atoms with van der Waals surface area (Å²) in [7, 11) is 4.10. The van der Waals surface area contributed by atoms with Gasteiger partial charge in [0.05, 0.1) is 18.5 Å². The second kappa shape index (κ2) is 10.1. The molecule has 4 heterocycles. The molecular weight excluding hydrogens is 450 g/mol. The molecule has 2 fully saturated rings. The fourth-order valence-electron chi connectivity index (χ4n) is 4.90. The van der Waals surface area contributed by atoms with E-state index in [1.165, 1.54) is 0 Å². The number of piperidine rings is 1. The summed E-state index contributed by atoms with van der Waals surface area (Å²) in [5, 5.41) is 20.6. The Hall–Kier alpha value is -2.43. The number of nitrogens with zero attached hydrogens (tertiary/aromatic N) is 6. The lowest BCUT2D eigenvalue weighted by Crippen LogP contribution is -2.50. The molecule has 0 aliphatic carbocycles. The van der Waals surface area contributed by atoms with Crippen LogP contribution in [0, 0.1) is 5.92 Å². The van der Waals surface area contributed by atoms with Gasteiger partial charge in [-0.2, -0.15) is 0 Å². The fraction of sp³-hybridized carbons (Fsp3) is 0.583. The summed E-state index contributed by atoms with van der Waals surface area (Å²) < 4.78 is 0. The molecule has 5 rings (SSSR count). The summed E-state index contributed by atoms with van der Waals surface area (Å²) >= 11 is 1.74. The molecule has 1 aromatic rings. The first-order valence-corrected chi connectivity index (χ1v) is 13.1. The van der Waals surface area contributed by atoms with Crippen LogP contribution in [0.25, 0.3) is 5.70 Å². The van der Waals surface area contributed by atoms with Gasteiger partial charge in [-0.25, -0.2) is 5.01 Å². The zero-order chi connectivity index (χ0) is 23.7. The molecule has 34 heavy (non-hydrogen) atoms. The highest BCUT2D eigenvalue weighted by atomic mass is 32.2. The maximum atomic E-state index is 12.9. The van der Waals surface area contributed by atoms with Crippen molar-refractivity contribution < 1.29 is 9.90 Å². The number of amides is 1. The normalized spacial score (nSPS) is 23.5. The lowest BCUT2D eigenvalue weighted by Gasteiger charge is -2.37. The van der Waals surface area contributed by atoms with Crippen molar-refractivity contribution in [3.63, 3.8) is 0 Å². The molecule has 1 amide bonds. The van der Waals surface area contributed by atoms with E-state index >= 15 is 0 Å². The molecule has 4 aliphatic rings. The number of likely N-dealkylation sites (N-methyl/N-ethyl adjacent to an activating group) is 2. The molecule has 2 saturated heterocycles. The van der Waals surface area contributed by atoms with Gasteiger partial charge in [0.1, 0.15) is 0 Å². The van der Waals surface area contributed by atoms with E-state index in [0.717, 1.165) is 74.2 Å². The number of likely N-dealkylation sites (tertiary alicyclic amines) is 1. The average Bonchev–Trinajstić information content (AvgIpc) is 3.44. The number of carbonyl (C=O) groups excluding carboxylic acids is 1. The van der Waals surface area contributed by atoms with E-state index in [0.29, 0.717) is 12.5 Å². The van der Waals surface area contributed by atoms with E-state index in [2.05, 4.69) is 57.5 Å². The Kier molecular flexibility index (Phi) is 6.89. The molecule has 184 valence electrons. The minimum atomic E-state index is 0.0754. The minimum Gasteiger partial charge on any atom is -0.395 e. The number of thioether (sulfide) groups is 1. The first-order chi connectivity index (χ1) is 16.5. The van der Waals surface area contributed by atoms with E-state index in [1.807, 2.05) is 17.0 Å². The number of aliphatic hydroxyl groups excluding tert-OH is 1. The zero-order valence-corrected chi connectivity index (χ0v) is 20.9. The summed E-state index contributed by atoms with van der Waals surface area (Å²) in [5.74, 6) is 0.493. The Morgan fingerprint density at radius 1 is 1.15 bits per heavy atom. The van der Waals surface area contributed by atoms with E-state index in [4.69, 9.17) is 10.2 Å². The number of hydrogen-bond donors (Lipinski definition) is 2. The highest BCUT2D eigenvalue weighted by Gasteiger charge is 2.37. The summed E-state index contributed by atoms with van der Waals surface area (Å²) in [6.45, 7) is 6.19. The van der Waals surface area contributed by atoms with Crippen LogP contribution in [0.3, 0.4) is 0 Å². The van der Waals surface area contributed by atoms with E-state index < -0.39 is 0 Å². The van der Waals surface area contributed by atoms with Crippen LogP contribution in [0.15, 0.2) is 35.6 Å². The van der Waals surface area contributed by atoms with Gasteiger partial charge in [0.25, 0.3) is 0 Å². The van der Waals surface area contributed by atoms with Gasteiger partial charge in [-0.1, -0.05) is 12.1 Å². The first-order valence-electron chi connectivity index (χ1n) is 12.2. The SMILES string of the molecule is CN1CCN(C(=O)C2CCN(C3=NN4C=C(c5ccc(N(C)CCO)cc5)NC4S3)CC2)CC1. The number of hydrogen-bond acceptors (Lipinski definition) is 9. The van der Waals surface area contributed by atoms with E-state index in [1.54, 1.807) is 11.8 Å². The van der Waals surface area contributed by atoms with Gasteiger partial charge in [0.15, 0.2) is 10.7 Å². The fourth-order valence-corrected chi connectivity index (χ4v) is 5.97. The molecule has 1 unspecified atom stereocenters. The van der Waals surface area contributed by atoms with Crippen molar-refractivity contribution in [3.05, 3.63) is 36.0 Å². The number of anilines is 1. The van der Waals surface area contributed by atoms with Crippen LogP contribution >= 0.6 is 11.8 Å². The standard InChI is InChI=1S/C24H35N7O2S/c1-27-11-13-29(14-12-27)22(33)19-7-9-30(10-8-19)24-26-31-17-21(25-23(31)34-24)18-3-5-20(6-4-18)28(2)15-16-32/h3-6,17,19,23,25,32H,7-16H2,1-2H3. The smallest absolute Gasteiger partial charge is 0.225 e. The second-order valence-corrected chi connectivity index (χ2v) is 10.5. The molecule has 1 atom stereocenters. The van der Waals surface area contributed by atoms with Gasteiger partial charge in [-0.15, -0.1) is 5.10 Å².